The van der Waals surface area contributed by atoms with Gasteiger partial charge in [-0.1, -0.05) is 6.07 Å². The average molecular weight is 388 g/mol. The first-order valence-electron chi connectivity index (χ1n) is 5.65. The van der Waals surface area contributed by atoms with Crippen molar-refractivity contribution in [1.29, 1.82) is 0 Å². The summed E-state index contributed by atoms with van der Waals surface area (Å²) in [5, 5.41) is 3.63. The van der Waals surface area contributed by atoms with Crippen LogP contribution in [0, 0.1) is 0 Å². The van der Waals surface area contributed by atoms with Crippen molar-refractivity contribution in [2.45, 2.75) is 19.3 Å². The van der Waals surface area contributed by atoms with Crippen LogP contribution in [0.25, 0.3) is 0 Å². The number of hydrogen-bond acceptors (Lipinski definition) is 4. The monoisotopic (exact) mass is 387 g/mol. The molecule has 120 valence electrons. The van der Waals surface area contributed by atoms with Gasteiger partial charge in [0.15, 0.2) is 0 Å². The van der Waals surface area contributed by atoms with Crippen LogP contribution < -0.4 is 9.47 Å². The van der Waals surface area contributed by atoms with Gasteiger partial charge in [-0.2, -0.15) is 4.98 Å². The summed E-state index contributed by atoms with van der Waals surface area (Å²) in [6.45, 7) is -0.771. The van der Waals surface area contributed by atoms with Crippen LogP contribution in [0.2, 0.25) is 0 Å². The van der Waals surface area contributed by atoms with Gasteiger partial charge in [0.2, 0.25) is 4.73 Å². The zero-order valence-electron chi connectivity index (χ0n) is 10.5. The molecule has 0 aliphatic rings. The van der Waals surface area contributed by atoms with Gasteiger partial charge in [-0.05, 0) is 28.1 Å². The molecular weight excluding hydrogens is 381 g/mol. The van der Waals surface area contributed by atoms with Crippen molar-refractivity contribution in [3.63, 3.8) is 0 Å². The molecule has 0 radical (unpaired) electrons. The van der Waals surface area contributed by atoms with Gasteiger partial charge >= 0.3 is 12.4 Å². The van der Waals surface area contributed by atoms with Crippen LogP contribution in [-0.2, 0) is 6.54 Å². The van der Waals surface area contributed by atoms with Crippen LogP contribution in [0.4, 0.5) is 22.0 Å². The van der Waals surface area contributed by atoms with Crippen molar-refractivity contribution >= 4 is 15.9 Å². The van der Waals surface area contributed by atoms with Crippen molar-refractivity contribution in [2.24, 2.45) is 0 Å². The van der Waals surface area contributed by atoms with Crippen molar-refractivity contribution < 1.29 is 31.4 Å². The van der Waals surface area contributed by atoms with E-state index >= 15 is 0 Å². The molecule has 1 aromatic carbocycles. The van der Waals surface area contributed by atoms with Crippen molar-refractivity contribution in [2.75, 3.05) is 0 Å². The van der Waals surface area contributed by atoms with E-state index in [2.05, 4.69) is 30.7 Å². The van der Waals surface area contributed by atoms with E-state index in [-0.39, 0.29) is 16.5 Å². The molecule has 0 aliphatic heterocycles. The fraction of sp³-hybridized carbons (Fsp3) is 0.273. The van der Waals surface area contributed by atoms with E-state index in [0.717, 1.165) is 16.8 Å². The summed E-state index contributed by atoms with van der Waals surface area (Å²) in [6.07, 6.45) is -7.55. The van der Waals surface area contributed by atoms with E-state index in [9.17, 15) is 22.0 Å². The summed E-state index contributed by atoms with van der Waals surface area (Å²) in [5.74, 6) is -0.582. The normalized spacial score (nSPS) is 11.8. The molecule has 0 amide bonds. The van der Waals surface area contributed by atoms with Crippen LogP contribution in [-0.4, -0.2) is 27.6 Å². The quantitative estimate of drug-likeness (QED) is 0.727. The third kappa shape index (κ3) is 4.83. The zero-order chi connectivity index (χ0) is 16.3. The molecule has 1 heterocycles. The van der Waals surface area contributed by atoms with Gasteiger partial charge < -0.3 is 9.47 Å². The first-order valence-corrected chi connectivity index (χ1v) is 6.44. The Hall–Kier alpha value is -1.91. The third-order valence-corrected chi connectivity index (χ3v) is 2.51. The van der Waals surface area contributed by atoms with Gasteiger partial charge in [0.05, 0.1) is 0 Å². The number of rotatable bonds is 5. The molecule has 0 N–H and O–H groups in total. The number of alkyl halides is 5. The lowest BCUT2D eigenvalue weighted by Crippen LogP contribution is -2.17. The molecule has 2 aromatic rings. The molecule has 0 fully saturated rings. The number of ether oxygens (including phenoxy) is 2. The minimum atomic E-state index is -4.85. The molecule has 0 spiro atoms. The summed E-state index contributed by atoms with van der Waals surface area (Å²) < 4.78 is 70.9. The highest BCUT2D eigenvalue weighted by Gasteiger charge is 2.31. The second-order valence-electron chi connectivity index (χ2n) is 3.86. The molecular formula is C11H7BrF5N3O2. The number of hydrogen-bond donors (Lipinski definition) is 0. The predicted octanol–water partition coefficient (Wildman–Crippen LogP) is 4.00. The Balaban J connectivity index is 2.19. The maximum Gasteiger partial charge on any atom is 0.573 e. The Morgan fingerprint density at radius 1 is 1.23 bits per heavy atom. The van der Waals surface area contributed by atoms with E-state index in [0.29, 0.717) is 0 Å². The smallest absolute Gasteiger partial charge is 0.424 e. The molecule has 22 heavy (non-hydrogen) atoms. The molecule has 11 heteroatoms. The second-order valence-corrected chi connectivity index (χ2v) is 4.57. The molecule has 5 nitrogen and oxygen atoms in total. The maximum atomic E-state index is 12.4. The molecule has 0 atom stereocenters. The third-order valence-electron chi connectivity index (χ3n) is 2.17. The van der Waals surface area contributed by atoms with Gasteiger partial charge in [0.1, 0.15) is 18.0 Å². The Bertz CT molecular complexity index is 647. The van der Waals surface area contributed by atoms with Crippen LogP contribution in [0.3, 0.4) is 0 Å². The molecule has 0 saturated carbocycles. The highest BCUT2D eigenvalue weighted by atomic mass is 79.9. The van der Waals surface area contributed by atoms with E-state index < -0.39 is 25.1 Å². The zero-order valence-corrected chi connectivity index (χ0v) is 12.1. The summed E-state index contributed by atoms with van der Waals surface area (Å²) >= 11 is 2.90. The lowest BCUT2D eigenvalue weighted by molar-refractivity contribution is -0.274. The summed E-state index contributed by atoms with van der Waals surface area (Å²) in [4.78, 5) is 3.71. The van der Waals surface area contributed by atoms with Gasteiger partial charge in [-0.15, -0.1) is 18.3 Å². The summed E-state index contributed by atoms with van der Waals surface area (Å²) in [7, 11) is 0. The SMILES string of the molecule is FC(F)Cn1nc(Br)nc1Oc1cccc(OC(F)(F)F)c1. The standard InChI is InChI=1S/C11H7BrF5N3O2/c12-9-18-10(20(19-9)5-8(13)14)21-6-2-1-3-7(4-6)22-11(15,16)17/h1-4,8H,5H2. The van der Waals surface area contributed by atoms with Crippen LogP contribution in [0.1, 0.15) is 0 Å². The Morgan fingerprint density at radius 3 is 2.55 bits per heavy atom. The van der Waals surface area contributed by atoms with Gasteiger partial charge in [-0.25, -0.2) is 13.5 Å². The highest BCUT2D eigenvalue weighted by Crippen LogP contribution is 2.28. The Kier molecular flexibility index (Phi) is 4.84. The average Bonchev–Trinajstić information content (AvgIpc) is 2.66. The fourth-order valence-electron chi connectivity index (χ4n) is 1.47. The number of nitrogens with zero attached hydrogens (tertiary/aromatic N) is 3. The number of aromatic nitrogens is 3. The summed E-state index contributed by atoms with van der Waals surface area (Å²) in [5.41, 5.74) is 0. The minimum absolute atomic E-state index is 0.00541. The molecule has 0 unspecified atom stereocenters. The topological polar surface area (TPSA) is 49.2 Å². The van der Waals surface area contributed by atoms with Crippen molar-refractivity contribution in [3.8, 4) is 17.5 Å². The van der Waals surface area contributed by atoms with Crippen molar-refractivity contribution in [1.82, 2.24) is 14.8 Å². The maximum absolute atomic E-state index is 12.4. The van der Waals surface area contributed by atoms with E-state index in [1.807, 2.05) is 0 Å². The van der Waals surface area contributed by atoms with Gasteiger partial charge in [0, 0.05) is 6.07 Å². The highest BCUT2D eigenvalue weighted by molar-refractivity contribution is 9.10. The predicted molar refractivity (Wildman–Crippen MR) is 66.9 cm³/mol. The largest absolute Gasteiger partial charge is 0.573 e. The second kappa shape index (κ2) is 6.46. The molecule has 0 aliphatic carbocycles. The fourth-order valence-corrected chi connectivity index (χ4v) is 1.81. The van der Waals surface area contributed by atoms with Crippen molar-refractivity contribution in [3.05, 3.63) is 29.0 Å². The Labute approximate surface area is 128 Å². The molecule has 0 bridgehead atoms. The molecule has 0 saturated heterocycles. The lowest BCUT2D eigenvalue weighted by Gasteiger charge is -2.10. The minimum Gasteiger partial charge on any atom is -0.424 e. The first kappa shape index (κ1) is 16.5. The number of halogens is 6. The van der Waals surface area contributed by atoms with Crippen LogP contribution in [0.5, 0.6) is 17.5 Å². The van der Waals surface area contributed by atoms with Gasteiger partial charge in [-0.3, -0.25) is 0 Å². The van der Waals surface area contributed by atoms with E-state index in [1.54, 1.807) is 0 Å². The van der Waals surface area contributed by atoms with E-state index in [4.69, 9.17) is 4.74 Å². The molecule has 2 rings (SSSR count). The van der Waals surface area contributed by atoms with Crippen LogP contribution >= 0.6 is 15.9 Å². The summed E-state index contributed by atoms with van der Waals surface area (Å²) in [6, 6.07) is 4.29. The lowest BCUT2D eigenvalue weighted by atomic mass is 10.3. The Morgan fingerprint density at radius 2 is 1.91 bits per heavy atom. The van der Waals surface area contributed by atoms with E-state index in [1.165, 1.54) is 12.1 Å². The van der Waals surface area contributed by atoms with Gasteiger partial charge in [0.25, 0.3) is 6.43 Å². The number of benzene rings is 1. The first-order chi connectivity index (χ1) is 10.2. The molecule has 1 aromatic heterocycles. The van der Waals surface area contributed by atoms with Crippen LogP contribution in [0.15, 0.2) is 29.0 Å².